The van der Waals surface area contributed by atoms with Crippen LogP contribution in [0.5, 0.6) is 0 Å². The predicted octanol–water partition coefficient (Wildman–Crippen LogP) is 0.941. The van der Waals surface area contributed by atoms with Crippen LogP contribution in [0.15, 0.2) is 6.20 Å². The Hall–Kier alpha value is -1.69. The molecule has 0 atom stereocenters. The van der Waals surface area contributed by atoms with Crippen molar-refractivity contribution >= 4 is 16.9 Å². The van der Waals surface area contributed by atoms with Crippen LogP contribution in [0, 0.1) is 0 Å². The normalized spacial score (nSPS) is 10.9. The van der Waals surface area contributed by atoms with Crippen LogP contribution in [0.2, 0.25) is 0 Å². The lowest BCUT2D eigenvalue weighted by Crippen LogP contribution is -2.04. The molecular formula is C10H15N5O. The first-order valence-electron chi connectivity index (χ1n) is 5.20. The third-order valence-electron chi connectivity index (χ3n) is 2.31. The van der Waals surface area contributed by atoms with E-state index in [4.69, 9.17) is 4.74 Å². The molecule has 2 aromatic rings. The Kier molecular flexibility index (Phi) is 3.00. The van der Waals surface area contributed by atoms with Crippen LogP contribution >= 0.6 is 0 Å². The molecule has 1 N–H and O–H groups in total. The van der Waals surface area contributed by atoms with Gasteiger partial charge in [-0.2, -0.15) is 5.10 Å². The molecule has 2 heterocycles. The highest BCUT2D eigenvalue weighted by atomic mass is 16.5. The molecule has 0 amide bonds. The van der Waals surface area contributed by atoms with Crippen molar-refractivity contribution in [2.45, 2.75) is 13.5 Å². The molecule has 0 aliphatic rings. The van der Waals surface area contributed by atoms with E-state index in [2.05, 4.69) is 20.4 Å². The Morgan fingerprint density at radius 2 is 2.25 bits per heavy atom. The highest BCUT2D eigenvalue weighted by Gasteiger charge is 2.10. The van der Waals surface area contributed by atoms with Gasteiger partial charge in [-0.25, -0.2) is 9.97 Å². The quantitative estimate of drug-likeness (QED) is 0.832. The highest BCUT2D eigenvalue weighted by Crippen LogP contribution is 2.18. The number of aryl methyl sites for hydroxylation is 1. The average Bonchev–Trinajstić information content (AvgIpc) is 2.68. The van der Waals surface area contributed by atoms with Gasteiger partial charge in [0.1, 0.15) is 12.4 Å². The van der Waals surface area contributed by atoms with E-state index in [-0.39, 0.29) is 0 Å². The van der Waals surface area contributed by atoms with E-state index in [1.54, 1.807) is 10.9 Å². The van der Waals surface area contributed by atoms with Crippen LogP contribution in [0.1, 0.15) is 12.7 Å². The van der Waals surface area contributed by atoms with Crippen LogP contribution < -0.4 is 5.32 Å². The van der Waals surface area contributed by atoms with E-state index in [1.165, 1.54) is 0 Å². The summed E-state index contributed by atoms with van der Waals surface area (Å²) in [6.45, 7) is 3.02. The maximum absolute atomic E-state index is 5.30. The molecule has 6 nitrogen and oxygen atoms in total. The van der Waals surface area contributed by atoms with Gasteiger partial charge in [0.15, 0.2) is 11.5 Å². The van der Waals surface area contributed by atoms with Crippen molar-refractivity contribution in [3.63, 3.8) is 0 Å². The van der Waals surface area contributed by atoms with Crippen molar-refractivity contribution in [3.05, 3.63) is 12.0 Å². The molecule has 6 heteroatoms. The molecule has 0 aromatic carbocycles. The summed E-state index contributed by atoms with van der Waals surface area (Å²) in [5, 5.41) is 8.12. The smallest absolute Gasteiger partial charge is 0.163 e. The summed E-state index contributed by atoms with van der Waals surface area (Å²) in [5.41, 5.74) is 0.814. The maximum atomic E-state index is 5.30. The number of nitrogens with one attached hydrogen (secondary N) is 1. The second-order valence-corrected chi connectivity index (χ2v) is 3.38. The van der Waals surface area contributed by atoms with E-state index in [0.29, 0.717) is 19.0 Å². The number of nitrogens with zero attached hydrogens (tertiary/aromatic N) is 4. The largest absolute Gasteiger partial charge is 0.374 e. The Morgan fingerprint density at radius 3 is 2.94 bits per heavy atom. The molecule has 0 aliphatic carbocycles. The Labute approximate surface area is 93.6 Å². The molecular weight excluding hydrogens is 206 g/mol. The van der Waals surface area contributed by atoms with E-state index in [0.717, 1.165) is 16.9 Å². The van der Waals surface area contributed by atoms with Gasteiger partial charge in [0, 0.05) is 20.7 Å². The molecule has 0 aliphatic heterocycles. The van der Waals surface area contributed by atoms with E-state index < -0.39 is 0 Å². The van der Waals surface area contributed by atoms with Gasteiger partial charge in [-0.1, -0.05) is 0 Å². The molecule has 2 aromatic heterocycles. The number of fused-ring (bicyclic) bond motifs is 1. The van der Waals surface area contributed by atoms with Crippen LogP contribution in [0.3, 0.4) is 0 Å². The number of aromatic nitrogens is 4. The van der Waals surface area contributed by atoms with Crippen molar-refractivity contribution in [2.75, 3.05) is 19.0 Å². The fraction of sp³-hybridized carbons (Fsp3) is 0.500. The zero-order valence-corrected chi connectivity index (χ0v) is 9.69. The summed E-state index contributed by atoms with van der Waals surface area (Å²) >= 11 is 0. The van der Waals surface area contributed by atoms with Gasteiger partial charge in [-0.3, -0.25) is 4.68 Å². The predicted molar refractivity (Wildman–Crippen MR) is 61.2 cm³/mol. The number of hydrogen-bond donors (Lipinski definition) is 1. The zero-order chi connectivity index (χ0) is 11.5. The Balaban J connectivity index is 2.48. The van der Waals surface area contributed by atoms with Gasteiger partial charge in [0.25, 0.3) is 0 Å². The molecule has 16 heavy (non-hydrogen) atoms. The SMILES string of the molecule is CCOCc1nc(NC)c2cnn(C)c2n1. The summed E-state index contributed by atoms with van der Waals surface area (Å²) in [7, 11) is 3.69. The van der Waals surface area contributed by atoms with Crippen LogP contribution in [-0.4, -0.2) is 33.4 Å². The second-order valence-electron chi connectivity index (χ2n) is 3.38. The first-order valence-corrected chi connectivity index (χ1v) is 5.20. The first-order chi connectivity index (χ1) is 7.76. The van der Waals surface area contributed by atoms with Gasteiger partial charge in [0.05, 0.1) is 11.6 Å². The lowest BCUT2D eigenvalue weighted by molar-refractivity contribution is 0.128. The van der Waals surface area contributed by atoms with Crippen molar-refractivity contribution in [1.29, 1.82) is 0 Å². The van der Waals surface area contributed by atoms with Crippen molar-refractivity contribution in [3.8, 4) is 0 Å². The molecule has 0 spiro atoms. The summed E-state index contributed by atoms with van der Waals surface area (Å²) in [6, 6.07) is 0. The topological polar surface area (TPSA) is 64.9 Å². The summed E-state index contributed by atoms with van der Waals surface area (Å²) in [6.07, 6.45) is 1.76. The average molecular weight is 221 g/mol. The minimum Gasteiger partial charge on any atom is -0.374 e. The van der Waals surface area contributed by atoms with Gasteiger partial charge < -0.3 is 10.1 Å². The lowest BCUT2D eigenvalue weighted by Gasteiger charge is -2.05. The third kappa shape index (κ3) is 1.83. The van der Waals surface area contributed by atoms with Crippen LogP contribution in [0.4, 0.5) is 5.82 Å². The monoisotopic (exact) mass is 221 g/mol. The van der Waals surface area contributed by atoms with Gasteiger partial charge >= 0.3 is 0 Å². The van der Waals surface area contributed by atoms with E-state index >= 15 is 0 Å². The van der Waals surface area contributed by atoms with E-state index in [9.17, 15) is 0 Å². The molecule has 86 valence electrons. The Morgan fingerprint density at radius 1 is 1.44 bits per heavy atom. The molecule has 0 saturated heterocycles. The van der Waals surface area contributed by atoms with Gasteiger partial charge in [-0.05, 0) is 6.92 Å². The van der Waals surface area contributed by atoms with Crippen molar-refractivity contribution in [1.82, 2.24) is 19.7 Å². The number of anilines is 1. The molecule has 0 unspecified atom stereocenters. The standard InChI is InChI=1S/C10H15N5O/c1-4-16-6-8-13-9(11-2)7-5-12-15(3)10(7)14-8/h5H,4,6H2,1-3H3,(H,11,13,14). The third-order valence-corrected chi connectivity index (χ3v) is 2.31. The minimum absolute atomic E-state index is 0.423. The summed E-state index contributed by atoms with van der Waals surface area (Å²) in [4.78, 5) is 8.77. The number of hydrogen-bond acceptors (Lipinski definition) is 5. The maximum Gasteiger partial charge on any atom is 0.163 e. The molecule has 0 radical (unpaired) electrons. The van der Waals surface area contributed by atoms with Gasteiger partial charge in [0.2, 0.25) is 0 Å². The molecule has 2 rings (SSSR count). The fourth-order valence-corrected chi connectivity index (χ4v) is 1.52. The van der Waals surface area contributed by atoms with Crippen LogP contribution in [-0.2, 0) is 18.4 Å². The van der Waals surface area contributed by atoms with Crippen molar-refractivity contribution < 1.29 is 4.74 Å². The lowest BCUT2D eigenvalue weighted by atomic mass is 10.4. The highest BCUT2D eigenvalue weighted by molar-refractivity contribution is 5.86. The second kappa shape index (κ2) is 4.44. The molecule has 0 fully saturated rings. The number of ether oxygens (including phenoxy) is 1. The Bertz CT molecular complexity index is 493. The summed E-state index contributed by atoms with van der Waals surface area (Å²) < 4.78 is 7.03. The van der Waals surface area contributed by atoms with Gasteiger partial charge in [-0.15, -0.1) is 0 Å². The minimum atomic E-state index is 0.423. The summed E-state index contributed by atoms with van der Waals surface area (Å²) in [5.74, 6) is 1.45. The number of rotatable bonds is 4. The first kappa shape index (κ1) is 10.8. The molecule has 0 bridgehead atoms. The van der Waals surface area contributed by atoms with E-state index in [1.807, 2.05) is 21.0 Å². The fourth-order valence-electron chi connectivity index (χ4n) is 1.52. The van der Waals surface area contributed by atoms with Crippen molar-refractivity contribution in [2.24, 2.45) is 7.05 Å². The van der Waals surface area contributed by atoms with Crippen LogP contribution in [0.25, 0.3) is 11.0 Å². The zero-order valence-electron chi connectivity index (χ0n) is 9.69. The molecule has 0 saturated carbocycles.